The van der Waals surface area contributed by atoms with Gasteiger partial charge in [0, 0.05) is 41.8 Å². The molecule has 0 bridgehead atoms. The second-order valence-electron chi connectivity index (χ2n) is 7.77. The van der Waals surface area contributed by atoms with Crippen molar-refractivity contribution in [2.24, 2.45) is 11.7 Å². The van der Waals surface area contributed by atoms with Crippen LogP contribution in [-0.2, 0) is 11.2 Å². The summed E-state index contributed by atoms with van der Waals surface area (Å²) in [5.74, 6) is 1.23. The summed E-state index contributed by atoms with van der Waals surface area (Å²) in [6, 6.07) is 2.13. The number of aromatic nitrogens is 4. The average Bonchev–Trinajstić information content (AvgIpc) is 2.89. The number of hydrogen-bond donors (Lipinski definition) is 1. The maximum atomic E-state index is 12.8. The molecule has 1 unspecified atom stereocenters. The summed E-state index contributed by atoms with van der Waals surface area (Å²) < 4.78 is 1.75. The summed E-state index contributed by atoms with van der Waals surface area (Å²) in [6.07, 6.45) is 2.33. The zero-order chi connectivity index (χ0) is 19.7. The number of carbonyl (C=O) groups excluding carboxylic acids is 1. The summed E-state index contributed by atoms with van der Waals surface area (Å²) in [5, 5.41) is 4.60. The molecule has 0 aliphatic carbocycles. The summed E-state index contributed by atoms with van der Waals surface area (Å²) in [7, 11) is 0. The Morgan fingerprint density at radius 2 is 1.78 bits per heavy atom. The van der Waals surface area contributed by atoms with Crippen LogP contribution in [0.2, 0.25) is 0 Å². The summed E-state index contributed by atoms with van der Waals surface area (Å²) in [4.78, 5) is 23.8. The first-order valence-corrected chi connectivity index (χ1v) is 9.67. The Bertz CT molecular complexity index is 813. The zero-order valence-corrected chi connectivity index (χ0v) is 17.0. The Morgan fingerprint density at radius 3 is 2.33 bits per heavy atom. The van der Waals surface area contributed by atoms with Crippen LogP contribution in [-0.4, -0.2) is 49.7 Å². The predicted octanol–water partition coefficient (Wildman–Crippen LogP) is 2.02. The zero-order valence-electron chi connectivity index (χ0n) is 17.0. The van der Waals surface area contributed by atoms with E-state index in [4.69, 9.17) is 5.73 Å². The molecular weight excluding hydrogens is 340 g/mol. The molecule has 27 heavy (non-hydrogen) atoms. The highest BCUT2D eigenvalue weighted by molar-refractivity contribution is 5.79. The summed E-state index contributed by atoms with van der Waals surface area (Å²) in [5.41, 5.74) is 10.6. The van der Waals surface area contributed by atoms with E-state index in [9.17, 15) is 4.79 Å². The van der Waals surface area contributed by atoms with E-state index < -0.39 is 0 Å². The van der Waals surface area contributed by atoms with Crippen LogP contribution in [0.25, 0.3) is 5.95 Å². The van der Waals surface area contributed by atoms with E-state index in [1.165, 1.54) is 0 Å². The Hall–Kier alpha value is -2.28. The van der Waals surface area contributed by atoms with Crippen LogP contribution < -0.4 is 5.73 Å². The molecule has 3 heterocycles. The Kier molecular flexibility index (Phi) is 5.60. The number of nitrogens with zero attached hydrogens (tertiary/aromatic N) is 5. The number of nitrogens with two attached hydrogens (primary N) is 1. The Labute approximate surface area is 161 Å². The van der Waals surface area contributed by atoms with Crippen molar-refractivity contribution < 1.29 is 4.79 Å². The summed E-state index contributed by atoms with van der Waals surface area (Å²) in [6.45, 7) is 11.4. The first kappa shape index (κ1) is 19.5. The van der Waals surface area contributed by atoms with Gasteiger partial charge in [0.1, 0.15) is 0 Å². The van der Waals surface area contributed by atoms with Gasteiger partial charge >= 0.3 is 0 Å². The number of aryl methyl sites for hydroxylation is 3. The van der Waals surface area contributed by atoms with Gasteiger partial charge in [0.05, 0.1) is 12.1 Å². The Morgan fingerprint density at radius 1 is 1.19 bits per heavy atom. The van der Waals surface area contributed by atoms with Crippen molar-refractivity contribution in [3.05, 3.63) is 34.4 Å². The molecule has 2 aromatic rings. The summed E-state index contributed by atoms with van der Waals surface area (Å²) >= 11 is 0. The van der Waals surface area contributed by atoms with Gasteiger partial charge in [0.25, 0.3) is 5.95 Å². The van der Waals surface area contributed by atoms with Crippen molar-refractivity contribution in [1.82, 2.24) is 24.6 Å². The molecule has 1 aliphatic rings. The maximum Gasteiger partial charge on any atom is 0.251 e. The largest absolute Gasteiger partial charge is 0.342 e. The monoisotopic (exact) mass is 370 g/mol. The molecule has 3 rings (SSSR count). The van der Waals surface area contributed by atoms with Crippen LogP contribution >= 0.6 is 0 Å². The predicted molar refractivity (Wildman–Crippen MR) is 105 cm³/mol. The topological polar surface area (TPSA) is 89.9 Å². The van der Waals surface area contributed by atoms with Gasteiger partial charge in [-0.2, -0.15) is 5.10 Å². The fraction of sp³-hybridized carbons (Fsp3) is 0.600. The fourth-order valence-electron chi connectivity index (χ4n) is 3.87. The normalized spacial score (nSPS) is 16.6. The molecule has 2 aromatic heterocycles. The van der Waals surface area contributed by atoms with E-state index in [2.05, 4.69) is 22.0 Å². The minimum absolute atomic E-state index is 0.158. The third kappa shape index (κ3) is 4.18. The molecule has 1 saturated heterocycles. The van der Waals surface area contributed by atoms with Crippen LogP contribution in [0.4, 0.5) is 0 Å². The highest BCUT2D eigenvalue weighted by Gasteiger charge is 2.26. The third-order valence-electron chi connectivity index (χ3n) is 5.56. The second kappa shape index (κ2) is 7.76. The fourth-order valence-corrected chi connectivity index (χ4v) is 3.87. The van der Waals surface area contributed by atoms with Crippen LogP contribution in [0.15, 0.2) is 6.07 Å². The van der Waals surface area contributed by atoms with Crippen LogP contribution in [0.5, 0.6) is 0 Å². The number of carbonyl (C=O) groups is 1. The van der Waals surface area contributed by atoms with Gasteiger partial charge in [0.2, 0.25) is 5.91 Å². The van der Waals surface area contributed by atoms with E-state index in [-0.39, 0.29) is 11.9 Å². The molecule has 0 aromatic carbocycles. The van der Waals surface area contributed by atoms with Gasteiger partial charge in [-0.05, 0) is 59.4 Å². The third-order valence-corrected chi connectivity index (χ3v) is 5.56. The van der Waals surface area contributed by atoms with Gasteiger partial charge in [-0.1, -0.05) is 0 Å². The van der Waals surface area contributed by atoms with E-state index in [0.717, 1.165) is 54.3 Å². The molecule has 7 nitrogen and oxygen atoms in total. The minimum atomic E-state index is 0.158. The lowest BCUT2D eigenvalue weighted by Gasteiger charge is -2.33. The quantitative estimate of drug-likeness (QED) is 0.889. The van der Waals surface area contributed by atoms with E-state index in [0.29, 0.717) is 18.3 Å². The Balaban J connectivity index is 1.76. The van der Waals surface area contributed by atoms with E-state index in [1.54, 1.807) is 4.68 Å². The van der Waals surface area contributed by atoms with Crippen molar-refractivity contribution in [2.45, 2.75) is 59.9 Å². The molecule has 7 heteroatoms. The molecule has 1 amide bonds. The lowest BCUT2D eigenvalue weighted by atomic mass is 9.90. The first-order chi connectivity index (χ1) is 12.8. The lowest BCUT2D eigenvalue weighted by molar-refractivity contribution is -0.131. The van der Waals surface area contributed by atoms with E-state index in [1.807, 2.05) is 38.7 Å². The molecule has 0 saturated carbocycles. The number of likely N-dealkylation sites (tertiary alicyclic amines) is 1. The van der Waals surface area contributed by atoms with Crippen LogP contribution in [0.1, 0.15) is 48.1 Å². The molecule has 1 atom stereocenters. The SMILES string of the molecule is Cc1cc(C)nc(-n2nc(C)c(CC(=O)N3CCC(C(C)N)CC3)c2C)n1. The standard InChI is InChI=1S/C20H30N6O/c1-12-10-13(2)23-20(22-12)26-16(5)18(15(4)24-26)11-19(27)25-8-6-17(7-9-25)14(3)21/h10,14,17H,6-9,11,21H2,1-5H3. The smallest absolute Gasteiger partial charge is 0.251 e. The van der Waals surface area contributed by atoms with Crippen molar-refractivity contribution >= 4 is 5.91 Å². The molecule has 2 N–H and O–H groups in total. The first-order valence-electron chi connectivity index (χ1n) is 9.67. The number of amides is 1. The highest BCUT2D eigenvalue weighted by Crippen LogP contribution is 2.22. The molecule has 0 spiro atoms. The molecule has 0 radical (unpaired) electrons. The number of piperidine rings is 1. The van der Waals surface area contributed by atoms with Gasteiger partial charge < -0.3 is 10.6 Å². The maximum absolute atomic E-state index is 12.8. The van der Waals surface area contributed by atoms with Crippen LogP contribution in [0.3, 0.4) is 0 Å². The van der Waals surface area contributed by atoms with Gasteiger partial charge in [-0.25, -0.2) is 14.6 Å². The van der Waals surface area contributed by atoms with Gasteiger partial charge in [0.15, 0.2) is 0 Å². The van der Waals surface area contributed by atoms with Crippen LogP contribution in [0, 0.1) is 33.6 Å². The minimum Gasteiger partial charge on any atom is -0.342 e. The average molecular weight is 371 g/mol. The second-order valence-corrected chi connectivity index (χ2v) is 7.77. The van der Waals surface area contributed by atoms with Gasteiger partial charge in [-0.3, -0.25) is 4.79 Å². The highest BCUT2D eigenvalue weighted by atomic mass is 16.2. The molecular formula is C20H30N6O. The van der Waals surface area contributed by atoms with Crippen molar-refractivity contribution in [3.8, 4) is 5.95 Å². The van der Waals surface area contributed by atoms with Crippen molar-refractivity contribution in [2.75, 3.05) is 13.1 Å². The number of rotatable bonds is 4. The molecule has 1 fully saturated rings. The lowest BCUT2D eigenvalue weighted by Crippen LogP contribution is -2.43. The molecule has 146 valence electrons. The number of hydrogen-bond acceptors (Lipinski definition) is 5. The van der Waals surface area contributed by atoms with Crippen molar-refractivity contribution in [1.29, 1.82) is 0 Å². The van der Waals surface area contributed by atoms with Crippen molar-refractivity contribution in [3.63, 3.8) is 0 Å². The van der Waals surface area contributed by atoms with E-state index >= 15 is 0 Å². The molecule has 1 aliphatic heterocycles. The van der Waals surface area contributed by atoms with Gasteiger partial charge in [-0.15, -0.1) is 0 Å².